The summed E-state index contributed by atoms with van der Waals surface area (Å²) in [6.45, 7) is 7.54. The standard InChI is InChI=1S/C22H25BrClN3O3/c1-15(28)26-11-13-27(14-12-26)20-18(24)5-4-6-19(20)25-21(29)22(2,3)30-17-9-7-16(23)8-10-17/h4-10H,11-14H2,1-3H3,(H,25,29). The van der Waals surface area contributed by atoms with Crippen molar-refractivity contribution in [3.63, 3.8) is 0 Å². The van der Waals surface area contributed by atoms with Crippen molar-refractivity contribution < 1.29 is 14.3 Å². The summed E-state index contributed by atoms with van der Waals surface area (Å²) in [6.07, 6.45) is 0. The lowest BCUT2D eigenvalue weighted by atomic mass is 10.1. The fraction of sp³-hybridized carbons (Fsp3) is 0.364. The normalized spacial score (nSPS) is 14.4. The molecule has 1 N–H and O–H groups in total. The van der Waals surface area contributed by atoms with Crippen molar-refractivity contribution in [2.45, 2.75) is 26.4 Å². The summed E-state index contributed by atoms with van der Waals surface area (Å²) in [4.78, 5) is 28.5. The second-order valence-corrected chi connectivity index (χ2v) is 8.97. The van der Waals surface area contributed by atoms with Gasteiger partial charge in [0.25, 0.3) is 5.91 Å². The summed E-state index contributed by atoms with van der Waals surface area (Å²) < 4.78 is 6.86. The van der Waals surface area contributed by atoms with Crippen LogP contribution in [0.25, 0.3) is 0 Å². The van der Waals surface area contributed by atoms with Crippen LogP contribution in [-0.2, 0) is 9.59 Å². The van der Waals surface area contributed by atoms with Crippen molar-refractivity contribution in [3.8, 4) is 5.75 Å². The van der Waals surface area contributed by atoms with E-state index in [2.05, 4.69) is 26.1 Å². The number of piperazine rings is 1. The number of para-hydroxylation sites is 1. The molecule has 8 heteroatoms. The average molecular weight is 495 g/mol. The molecule has 1 aliphatic rings. The molecule has 0 aliphatic carbocycles. The number of halogens is 2. The van der Waals surface area contributed by atoms with Gasteiger partial charge in [-0.3, -0.25) is 9.59 Å². The molecule has 1 heterocycles. The van der Waals surface area contributed by atoms with E-state index in [1.807, 2.05) is 18.2 Å². The fourth-order valence-corrected chi connectivity index (χ4v) is 3.86. The maximum Gasteiger partial charge on any atom is 0.268 e. The molecule has 1 fully saturated rings. The van der Waals surface area contributed by atoms with E-state index in [1.165, 1.54) is 0 Å². The minimum absolute atomic E-state index is 0.0641. The van der Waals surface area contributed by atoms with Crippen molar-refractivity contribution in [1.82, 2.24) is 4.90 Å². The Kier molecular flexibility index (Phi) is 6.93. The van der Waals surface area contributed by atoms with Crippen LogP contribution in [0.15, 0.2) is 46.9 Å². The number of hydrogen-bond donors (Lipinski definition) is 1. The van der Waals surface area contributed by atoms with Gasteiger partial charge in [0.1, 0.15) is 5.75 Å². The Labute approximate surface area is 190 Å². The SMILES string of the molecule is CC(=O)N1CCN(c2c(Cl)cccc2NC(=O)C(C)(C)Oc2ccc(Br)cc2)CC1. The van der Waals surface area contributed by atoms with E-state index < -0.39 is 5.60 Å². The van der Waals surface area contributed by atoms with Gasteiger partial charge in [-0.1, -0.05) is 33.6 Å². The second kappa shape index (κ2) is 9.27. The molecule has 160 valence electrons. The van der Waals surface area contributed by atoms with Crippen molar-refractivity contribution in [3.05, 3.63) is 52.0 Å². The highest BCUT2D eigenvalue weighted by atomic mass is 79.9. The van der Waals surface area contributed by atoms with Crippen LogP contribution in [0.1, 0.15) is 20.8 Å². The predicted octanol–water partition coefficient (Wildman–Crippen LogP) is 4.57. The van der Waals surface area contributed by atoms with Gasteiger partial charge in [0, 0.05) is 37.6 Å². The van der Waals surface area contributed by atoms with E-state index in [1.54, 1.807) is 49.9 Å². The number of carbonyl (C=O) groups is 2. The van der Waals surface area contributed by atoms with E-state index >= 15 is 0 Å². The molecule has 0 atom stereocenters. The van der Waals surface area contributed by atoms with Crippen LogP contribution in [0, 0.1) is 0 Å². The highest BCUT2D eigenvalue weighted by molar-refractivity contribution is 9.10. The van der Waals surface area contributed by atoms with Gasteiger partial charge in [0.2, 0.25) is 5.91 Å². The van der Waals surface area contributed by atoms with Crippen LogP contribution in [0.2, 0.25) is 5.02 Å². The molecule has 30 heavy (non-hydrogen) atoms. The second-order valence-electron chi connectivity index (χ2n) is 7.65. The van der Waals surface area contributed by atoms with Crippen LogP contribution in [0.4, 0.5) is 11.4 Å². The summed E-state index contributed by atoms with van der Waals surface area (Å²) in [6, 6.07) is 12.8. The molecule has 3 rings (SSSR count). The van der Waals surface area contributed by atoms with E-state index in [-0.39, 0.29) is 11.8 Å². The van der Waals surface area contributed by atoms with Gasteiger partial charge >= 0.3 is 0 Å². The summed E-state index contributed by atoms with van der Waals surface area (Å²) in [5, 5.41) is 3.53. The predicted molar refractivity (Wildman–Crippen MR) is 123 cm³/mol. The number of benzene rings is 2. The topological polar surface area (TPSA) is 61.9 Å². The highest BCUT2D eigenvalue weighted by Gasteiger charge is 2.31. The van der Waals surface area contributed by atoms with Crippen molar-refractivity contribution in [2.24, 2.45) is 0 Å². The molecular weight excluding hydrogens is 470 g/mol. The number of nitrogens with zero attached hydrogens (tertiary/aromatic N) is 2. The Morgan fingerprint density at radius 3 is 2.30 bits per heavy atom. The average Bonchev–Trinajstić information content (AvgIpc) is 2.70. The number of hydrogen-bond acceptors (Lipinski definition) is 4. The van der Waals surface area contributed by atoms with E-state index in [4.69, 9.17) is 16.3 Å². The Hall–Kier alpha value is -2.25. The van der Waals surface area contributed by atoms with Crippen LogP contribution in [0.5, 0.6) is 5.75 Å². The Morgan fingerprint density at radius 2 is 1.70 bits per heavy atom. The molecule has 6 nitrogen and oxygen atoms in total. The lowest BCUT2D eigenvalue weighted by Gasteiger charge is -2.37. The first-order chi connectivity index (χ1) is 14.2. The summed E-state index contributed by atoms with van der Waals surface area (Å²) >= 11 is 9.88. The van der Waals surface area contributed by atoms with E-state index in [9.17, 15) is 9.59 Å². The molecule has 1 saturated heterocycles. The molecule has 0 saturated carbocycles. The third kappa shape index (κ3) is 5.26. The zero-order valence-corrected chi connectivity index (χ0v) is 19.6. The van der Waals surface area contributed by atoms with Crippen molar-refractivity contribution in [2.75, 3.05) is 36.4 Å². The Morgan fingerprint density at radius 1 is 1.07 bits per heavy atom. The molecule has 0 radical (unpaired) electrons. The van der Waals surface area contributed by atoms with Crippen LogP contribution < -0.4 is 15.0 Å². The van der Waals surface area contributed by atoms with Gasteiger partial charge in [0.15, 0.2) is 5.60 Å². The van der Waals surface area contributed by atoms with Crippen molar-refractivity contribution in [1.29, 1.82) is 0 Å². The molecule has 0 spiro atoms. The third-order valence-corrected chi connectivity index (χ3v) is 5.84. The summed E-state index contributed by atoms with van der Waals surface area (Å²) in [7, 11) is 0. The molecule has 2 aromatic rings. The molecule has 2 aromatic carbocycles. The lowest BCUT2D eigenvalue weighted by Crippen LogP contribution is -2.48. The molecule has 0 bridgehead atoms. The van der Waals surface area contributed by atoms with E-state index in [0.29, 0.717) is 42.6 Å². The number of carbonyl (C=O) groups excluding carboxylic acids is 2. The maximum atomic E-state index is 13.0. The Bertz CT molecular complexity index is 926. The molecular formula is C22H25BrClN3O3. The monoisotopic (exact) mass is 493 g/mol. The van der Waals surface area contributed by atoms with Gasteiger partial charge in [-0.25, -0.2) is 0 Å². The maximum absolute atomic E-state index is 13.0. The van der Waals surface area contributed by atoms with E-state index in [0.717, 1.165) is 10.2 Å². The quantitative estimate of drug-likeness (QED) is 0.662. The fourth-order valence-electron chi connectivity index (χ4n) is 3.30. The molecule has 1 aliphatic heterocycles. The zero-order chi connectivity index (χ0) is 21.9. The van der Waals surface area contributed by atoms with Crippen LogP contribution in [0.3, 0.4) is 0 Å². The van der Waals surface area contributed by atoms with Crippen LogP contribution >= 0.6 is 27.5 Å². The first-order valence-corrected chi connectivity index (χ1v) is 10.9. The minimum Gasteiger partial charge on any atom is -0.478 e. The number of rotatable bonds is 5. The third-order valence-electron chi connectivity index (χ3n) is 5.01. The van der Waals surface area contributed by atoms with Crippen molar-refractivity contribution >= 4 is 50.7 Å². The first-order valence-electron chi connectivity index (χ1n) is 9.72. The Balaban J connectivity index is 1.76. The van der Waals surface area contributed by atoms with Gasteiger partial charge in [-0.15, -0.1) is 0 Å². The van der Waals surface area contributed by atoms with Gasteiger partial charge in [0.05, 0.1) is 16.4 Å². The molecule has 0 unspecified atom stereocenters. The molecule has 2 amide bonds. The number of nitrogens with one attached hydrogen (secondary N) is 1. The molecule has 0 aromatic heterocycles. The largest absolute Gasteiger partial charge is 0.478 e. The minimum atomic E-state index is -1.10. The number of ether oxygens (including phenoxy) is 1. The lowest BCUT2D eigenvalue weighted by molar-refractivity contribution is -0.129. The zero-order valence-electron chi connectivity index (χ0n) is 17.2. The summed E-state index contributed by atoms with van der Waals surface area (Å²) in [5.74, 6) is 0.385. The first kappa shape index (κ1) is 22.4. The van der Waals surface area contributed by atoms with Gasteiger partial charge < -0.3 is 19.9 Å². The summed E-state index contributed by atoms with van der Waals surface area (Å²) in [5.41, 5.74) is 0.284. The van der Waals surface area contributed by atoms with Crippen LogP contribution in [-0.4, -0.2) is 48.5 Å². The highest BCUT2D eigenvalue weighted by Crippen LogP contribution is 2.35. The van der Waals surface area contributed by atoms with Gasteiger partial charge in [-0.2, -0.15) is 0 Å². The number of anilines is 2. The number of amides is 2. The smallest absolute Gasteiger partial charge is 0.268 e. The van der Waals surface area contributed by atoms with Gasteiger partial charge in [-0.05, 0) is 50.2 Å².